The molecule has 2 aromatic heterocycles. The van der Waals surface area contributed by atoms with Crippen LogP contribution in [-0.2, 0) is 6.42 Å². The molecular formula is C16H16N4O. The van der Waals surface area contributed by atoms with Crippen molar-refractivity contribution >= 4 is 5.91 Å². The van der Waals surface area contributed by atoms with Gasteiger partial charge in [0.2, 0.25) is 0 Å². The largest absolute Gasteiger partial charge is 0.350 e. The molecule has 0 saturated heterocycles. The van der Waals surface area contributed by atoms with Crippen LogP contribution in [0, 0.1) is 11.8 Å². The lowest BCUT2D eigenvalue weighted by Gasteiger charge is -2.04. The van der Waals surface area contributed by atoms with E-state index in [2.05, 4.69) is 27.1 Å². The van der Waals surface area contributed by atoms with Gasteiger partial charge in [0.1, 0.15) is 5.69 Å². The van der Waals surface area contributed by atoms with E-state index in [1.165, 1.54) is 0 Å². The molecule has 0 fully saturated rings. The van der Waals surface area contributed by atoms with Crippen molar-refractivity contribution in [2.75, 3.05) is 13.1 Å². The van der Waals surface area contributed by atoms with E-state index in [9.17, 15) is 4.79 Å². The molecule has 3 N–H and O–H groups in total. The first-order valence-corrected chi connectivity index (χ1v) is 6.61. The summed E-state index contributed by atoms with van der Waals surface area (Å²) in [5.41, 5.74) is 7.55. The molecule has 2 rings (SSSR count). The van der Waals surface area contributed by atoms with Crippen molar-refractivity contribution in [3.05, 3.63) is 59.7 Å². The SMILES string of the molecule is NCC#Cc1ccc(C(=O)NCCc2ccncc2)nc1. The highest BCUT2D eigenvalue weighted by Gasteiger charge is 2.05. The Balaban J connectivity index is 1.85. The maximum Gasteiger partial charge on any atom is 0.269 e. The maximum absolute atomic E-state index is 11.9. The first kappa shape index (κ1) is 14.7. The lowest BCUT2D eigenvalue weighted by Crippen LogP contribution is -2.26. The van der Waals surface area contributed by atoms with E-state index in [0.717, 1.165) is 17.5 Å². The van der Waals surface area contributed by atoms with Crippen molar-refractivity contribution in [3.63, 3.8) is 0 Å². The zero-order valence-electron chi connectivity index (χ0n) is 11.5. The quantitative estimate of drug-likeness (QED) is 0.810. The van der Waals surface area contributed by atoms with Crippen LogP contribution in [-0.4, -0.2) is 29.0 Å². The Labute approximate surface area is 123 Å². The van der Waals surface area contributed by atoms with Gasteiger partial charge in [-0.15, -0.1) is 0 Å². The number of hydrogen-bond acceptors (Lipinski definition) is 4. The Morgan fingerprint density at radius 1 is 1.24 bits per heavy atom. The van der Waals surface area contributed by atoms with Crippen LogP contribution in [0.3, 0.4) is 0 Å². The molecule has 5 nitrogen and oxygen atoms in total. The van der Waals surface area contributed by atoms with E-state index >= 15 is 0 Å². The lowest BCUT2D eigenvalue weighted by molar-refractivity contribution is 0.0949. The average Bonchev–Trinajstić information content (AvgIpc) is 2.54. The lowest BCUT2D eigenvalue weighted by atomic mass is 10.2. The summed E-state index contributed by atoms with van der Waals surface area (Å²) < 4.78 is 0. The van der Waals surface area contributed by atoms with Crippen LogP contribution in [0.4, 0.5) is 0 Å². The molecule has 2 aromatic rings. The number of carbonyl (C=O) groups is 1. The molecule has 0 radical (unpaired) electrons. The van der Waals surface area contributed by atoms with Gasteiger partial charge in [0, 0.05) is 30.7 Å². The maximum atomic E-state index is 11.9. The Morgan fingerprint density at radius 2 is 2.05 bits per heavy atom. The van der Waals surface area contributed by atoms with Crippen LogP contribution in [0.1, 0.15) is 21.6 Å². The molecule has 0 unspecified atom stereocenters. The van der Waals surface area contributed by atoms with Gasteiger partial charge in [0.15, 0.2) is 0 Å². The molecule has 0 bridgehead atoms. The molecule has 0 aromatic carbocycles. The number of nitrogens with zero attached hydrogens (tertiary/aromatic N) is 2. The van der Waals surface area contributed by atoms with Gasteiger partial charge >= 0.3 is 0 Å². The zero-order chi connectivity index (χ0) is 14.9. The number of hydrogen-bond donors (Lipinski definition) is 2. The predicted molar refractivity (Wildman–Crippen MR) is 80.4 cm³/mol. The summed E-state index contributed by atoms with van der Waals surface area (Å²) in [5.74, 6) is 5.41. The number of amides is 1. The van der Waals surface area contributed by atoms with Gasteiger partial charge in [-0.3, -0.25) is 9.78 Å². The third-order valence-electron chi connectivity index (χ3n) is 2.78. The van der Waals surface area contributed by atoms with Crippen molar-refractivity contribution in [3.8, 4) is 11.8 Å². The Morgan fingerprint density at radius 3 is 2.71 bits per heavy atom. The van der Waals surface area contributed by atoms with Crippen molar-refractivity contribution in [1.29, 1.82) is 0 Å². The summed E-state index contributed by atoms with van der Waals surface area (Å²) in [6.07, 6.45) is 5.80. The van der Waals surface area contributed by atoms with Crippen LogP contribution in [0.15, 0.2) is 42.9 Å². The first-order chi connectivity index (χ1) is 10.3. The number of rotatable bonds is 4. The van der Waals surface area contributed by atoms with Crippen LogP contribution in [0.25, 0.3) is 0 Å². The van der Waals surface area contributed by atoms with Gasteiger partial charge in [-0.1, -0.05) is 11.8 Å². The highest BCUT2D eigenvalue weighted by Crippen LogP contribution is 2.00. The summed E-state index contributed by atoms with van der Waals surface area (Å²) in [4.78, 5) is 20.0. The van der Waals surface area contributed by atoms with Crippen molar-refractivity contribution in [2.45, 2.75) is 6.42 Å². The third kappa shape index (κ3) is 4.71. The summed E-state index contributed by atoms with van der Waals surface area (Å²) in [6, 6.07) is 7.26. The fourth-order valence-corrected chi connectivity index (χ4v) is 1.72. The van der Waals surface area contributed by atoms with Crippen LogP contribution in [0.5, 0.6) is 0 Å². The molecule has 5 heteroatoms. The monoisotopic (exact) mass is 280 g/mol. The van der Waals surface area contributed by atoms with E-state index in [0.29, 0.717) is 18.8 Å². The third-order valence-corrected chi connectivity index (χ3v) is 2.78. The number of pyridine rings is 2. The van der Waals surface area contributed by atoms with Gasteiger partial charge in [-0.25, -0.2) is 4.98 Å². The minimum Gasteiger partial charge on any atom is -0.350 e. The second kappa shape index (κ2) is 7.78. The number of carbonyl (C=O) groups excluding carboxylic acids is 1. The Kier molecular flexibility index (Phi) is 5.44. The number of nitrogens with two attached hydrogens (primary N) is 1. The first-order valence-electron chi connectivity index (χ1n) is 6.61. The molecular weight excluding hydrogens is 264 g/mol. The topological polar surface area (TPSA) is 80.9 Å². The standard InChI is InChI=1S/C16H16N4O/c17-8-1-2-14-3-4-15(20-12-14)16(21)19-11-7-13-5-9-18-10-6-13/h3-6,9-10,12H,7-8,11,17H2,(H,19,21). The zero-order valence-corrected chi connectivity index (χ0v) is 11.5. The summed E-state index contributed by atoms with van der Waals surface area (Å²) in [6.45, 7) is 0.858. The minimum atomic E-state index is -0.192. The number of aromatic nitrogens is 2. The van der Waals surface area contributed by atoms with Crippen molar-refractivity contribution in [1.82, 2.24) is 15.3 Å². The van der Waals surface area contributed by atoms with Crippen molar-refractivity contribution < 1.29 is 4.79 Å². The van der Waals surface area contributed by atoms with Gasteiger partial charge in [0.05, 0.1) is 6.54 Å². The van der Waals surface area contributed by atoms with Gasteiger partial charge in [-0.2, -0.15) is 0 Å². The fraction of sp³-hybridized carbons (Fsp3) is 0.188. The average molecular weight is 280 g/mol. The molecule has 0 spiro atoms. The molecule has 2 heterocycles. The van der Waals surface area contributed by atoms with E-state index in [-0.39, 0.29) is 5.91 Å². The number of nitrogens with one attached hydrogen (secondary N) is 1. The second-order valence-electron chi connectivity index (χ2n) is 4.30. The van der Waals surface area contributed by atoms with Crippen LogP contribution in [0.2, 0.25) is 0 Å². The molecule has 0 aliphatic rings. The van der Waals surface area contributed by atoms with Gasteiger partial charge in [-0.05, 0) is 36.2 Å². The summed E-state index contributed by atoms with van der Waals surface area (Å²) >= 11 is 0. The van der Waals surface area contributed by atoms with E-state index in [1.807, 2.05) is 12.1 Å². The van der Waals surface area contributed by atoms with E-state index in [4.69, 9.17) is 5.73 Å². The molecule has 0 aliphatic carbocycles. The summed E-state index contributed by atoms with van der Waals surface area (Å²) in [5, 5.41) is 2.83. The highest BCUT2D eigenvalue weighted by molar-refractivity contribution is 5.92. The normalized spacial score (nSPS) is 9.57. The molecule has 0 aliphatic heterocycles. The molecule has 0 saturated carbocycles. The minimum absolute atomic E-state index is 0.192. The molecule has 1 amide bonds. The Bertz CT molecular complexity index is 641. The summed E-state index contributed by atoms with van der Waals surface area (Å²) in [7, 11) is 0. The molecule has 106 valence electrons. The highest BCUT2D eigenvalue weighted by atomic mass is 16.1. The fourth-order valence-electron chi connectivity index (χ4n) is 1.72. The molecule has 0 atom stereocenters. The van der Waals surface area contributed by atoms with E-state index < -0.39 is 0 Å². The molecule has 21 heavy (non-hydrogen) atoms. The second-order valence-corrected chi connectivity index (χ2v) is 4.30. The van der Waals surface area contributed by atoms with Gasteiger partial charge < -0.3 is 11.1 Å². The smallest absolute Gasteiger partial charge is 0.269 e. The van der Waals surface area contributed by atoms with Crippen LogP contribution >= 0.6 is 0 Å². The van der Waals surface area contributed by atoms with Crippen molar-refractivity contribution in [2.24, 2.45) is 5.73 Å². The predicted octanol–water partition coefficient (Wildman–Crippen LogP) is 0.759. The van der Waals surface area contributed by atoms with Crippen LogP contribution < -0.4 is 11.1 Å². The van der Waals surface area contributed by atoms with Gasteiger partial charge in [0.25, 0.3) is 5.91 Å². The Hall–Kier alpha value is -2.71. The van der Waals surface area contributed by atoms with E-state index in [1.54, 1.807) is 30.7 Å².